The van der Waals surface area contributed by atoms with E-state index in [4.69, 9.17) is 11.6 Å². The molecule has 0 saturated heterocycles. The fourth-order valence-corrected chi connectivity index (χ4v) is 1.90. The second-order valence-corrected chi connectivity index (χ2v) is 5.53. The maximum atomic E-state index is 5.89. The average Bonchev–Trinajstić information content (AvgIpc) is 2.51. The van der Waals surface area contributed by atoms with Gasteiger partial charge in [-0.3, -0.25) is 0 Å². The summed E-state index contributed by atoms with van der Waals surface area (Å²) in [5.74, 6) is 0.884. The zero-order valence-corrected chi connectivity index (χ0v) is 14.5. The van der Waals surface area contributed by atoms with Crippen molar-refractivity contribution in [3.63, 3.8) is 0 Å². The van der Waals surface area contributed by atoms with E-state index in [9.17, 15) is 0 Å². The molecule has 1 unspecified atom stereocenters. The highest BCUT2D eigenvalue weighted by Gasteiger charge is 2.09. The first-order valence-corrected chi connectivity index (χ1v) is 7.73. The lowest BCUT2D eigenvalue weighted by molar-refractivity contribution is 0.648. The van der Waals surface area contributed by atoms with Crippen LogP contribution in [-0.2, 0) is 0 Å². The van der Waals surface area contributed by atoms with Crippen molar-refractivity contribution in [3.05, 3.63) is 59.1 Å². The maximum Gasteiger partial charge on any atom is 0.125 e. The number of hydrogen-bond acceptors (Lipinski definition) is 4. The van der Waals surface area contributed by atoms with Gasteiger partial charge in [0.2, 0.25) is 0 Å². The van der Waals surface area contributed by atoms with E-state index in [1.807, 2.05) is 45.3 Å². The maximum absolute atomic E-state index is 5.89. The Bertz CT molecular complexity index is 542. The number of anilines is 1. The van der Waals surface area contributed by atoms with Crippen LogP contribution in [-0.4, -0.2) is 18.6 Å². The predicted octanol–water partition coefficient (Wildman–Crippen LogP) is 3.92. The number of halogens is 1. The van der Waals surface area contributed by atoms with Gasteiger partial charge in [-0.15, -0.1) is 0 Å². The smallest absolute Gasteiger partial charge is 0.125 e. The van der Waals surface area contributed by atoms with E-state index in [2.05, 4.69) is 40.5 Å². The molecular weight excluding hydrogens is 296 g/mol. The van der Waals surface area contributed by atoms with Crippen molar-refractivity contribution in [2.45, 2.75) is 26.8 Å². The summed E-state index contributed by atoms with van der Waals surface area (Å²) in [5.41, 5.74) is 2.80. The predicted molar refractivity (Wildman–Crippen MR) is 95.8 cm³/mol. The molecule has 1 aromatic rings. The van der Waals surface area contributed by atoms with Gasteiger partial charge < -0.3 is 16.0 Å². The van der Waals surface area contributed by atoms with Crippen LogP contribution < -0.4 is 16.0 Å². The summed E-state index contributed by atoms with van der Waals surface area (Å²) in [6.07, 6.45) is 5.63. The van der Waals surface area contributed by atoms with Crippen molar-refractivity contribution in [1.82, 2.24) is 15.6 Å². The molecule has 0 aromatic carbocycles. The molecule has 0 amide bonds. The van der Waals surface area contributed by atoms with Crippen LogP contribution in [0.5, 0.6) is 0 Å². The van der Waals surface area contributed by atoms with Crippen LogP contribution in [0, 0.1) is 0 Å². The molecule has 0 fully saturated rings. The molecule has 0 radical (unpaired) electrons. The van der Waals surface area contributed by atoms with Gasteiger partial charge in [0.15, 0.2) is 0 Å². The molecule has 0 spiro atoms. The molecule has 1 rings (SSSR count). The van der Waals surface area contributed by atoms with E-state index in [-0.39, 0.29) is 6.04 Å². The summed E-state index contributed by atoms with van der Waals surface area (Å²) in [5, 5.41) is 10.4. The molecule has 0 aliphatic rings. The lowest BCUT2D eigenvalue weighted by Gasteiger charge is -2.19. The van der Waals surface area contributed by atoms with Crippen LogP contribution in [0.25, 0.3) is 0 Å². The molecule has 22 heavy (non-hydrogen) atoms. The minimum absolute atomic E-state index is 0.101. The van der Waals surface area contributed by atoms with Gasteiger partial charge in [-0.05, 0) is 44.6 Å². The molecule has 1 atom stereocenters. The van der Waals surface area contributed by atoms with Gasteiger partial charge in [0.25, 0.3) is 0 Å². The number of pyridine rings is 1. The molecule has 1 heterocycles. The fraction of sp³-hybridized carbons (Fsp3) is 0.353. The summed E-state index contributed by atoms with van der Waals surface area (Å²) in [4.78, 5) is 4.39. The average molecular weight is 321 g/mol. The van der Waals surface area contributed by atoms with Gasteiger partial charge in [-0.2, -0.15) is 0 Å². The van der Waals surface area contributed by atoms with Crippen molar-refractivity contribution in [2.24, 2.45) is 0 Å². The summed E-state index contributed by atoms with van der Waals surface area (Å²) in [7, 11) is 1.84. The van der Waals surface area contributed by atoms with Crippen molar-refractivity contribution < 1.29 is 0 Å². The number of hydrogen-bond donors (Lipinski definition) is 3. The number of nitrogens with zero attached hydrogens (tertiary/aromatic N) is 1. The first-order chi connectivity index (χ1) is 10.5. The first kappa shape index (κ1) is 18.1. The van der Waals surface area contributed by atoms with Crippen LogP contribution in [0.1, 0.15) is 32.4 Å². The number of aromatic nitrogens is 1. The lowest BCUT2D eigenvalue weighted by atomic mass is 10.1. The standard InChI is InChI=1S/C17H25ClN4/c1-6-20-17-10-8-15(11-21-17)13(3)22-16(14(4)19-5)9-7-12(2)18/h7-11,13,19,22H,4,6H2,1-3,5H3,(H,20,21)/b12-7+,16-9+. The number of nitrogens with one attached hydrogen (secondary N) is 3. The zero-order valence-electron chi connectivity index (χ0n) is 13.7. The summed E-state index contributed by atoms with van der Waals surface area (Å²) >= 11 is 5.89. The SMILES string of the molecule is C=C(NC)/C(=C\C=C(/C)Cl)NC(C)c1ccc(NCC)nc1. The topological polar surface area (TPSA) is 49.0 Å². The largest absolute Gasteiger partial charge is 0.387 e. The Hall–Kier alpha value is -1.94. The van der Waals surface area contributed by atoms with E-state index in [0.717, 1.165) is 29.3 Å². The number of rotatable bonds is 8. The molecule has 0 aliphatic carbocycles. The van der Waals surface area contributed by atoms with Gasteiger partial charge in [0.1, 0.15) is 5.82 Å². The highest BCUT2D eigenvalue weighted by atomic mass is 35.5. The third-order valence-electron chi connectivity index (χ3n) is 3.12. The first-order valence-electron chi connectivity index (χ1n) is 7.35. The number of allylic oxidation sites excluding steroid dienone is 3. The minimum atomic E-state index is 0.101. The summed E-state index contributed by atoms with van der Waals surface area (Å²) in [6, 6.07) is 4.14. The minimum Gasteiger partial charge on any atom is -0.387 e. The quantitative estimate of drug-likeness (QED) is 0.635. The van der Waals surface area contributed by atoms with E-state index in [0.29, 0.717) is 5.03 Å². The van der Waals surface area contributed by atoms with Crippen LogP contribution in [0.2, 0.25) is 0 Å². The molecule has 4 nitrogen and oxygen atoms in total. The molecule has 0 bridgehead atoms. The van der Waals surface area contributed by atoms with Crippen LogP contribution >= 0.6 is 11.6 Å². The zero-order chi connectivity index (χ0) is 16.5. The molecule has 1 aromatic heterocycles. The molecule has 120 valence electrons. The second-order valence-electron chi connectivity index (χ2n) is 4.94. The van der Waals surface area contributed by atoms with E-state index in [1.54, 1.807) is 0 Å². The Kier molecular flexibility index (Phi) is 7.54. The van der Waals surface area contributed by atoms with E-state index in [1.165, 1.54) is 0 Å². The third kappa shape index (κ3) is 5.82. The summed E-state index contributed by atoms with van der Waals surface area (Å²) in [6.45, 7) is 10.8. The molecule has 3 N–H and O–H groups in total. The molecule has 0 saturated carbocycles. The van der Waals surface area contributed by atoms with Gasteiger partial charge in [0, 0.05) is 24.8 Å². The Morgan fingerprint density at radius 1 is 1.41 bits per heavy atom. The monoisotopic (exact) mass is 320 g/mol. The van der Waals surface area contributed by atoms with Crippen molar-refractivity contribution in [1.29, 1.82) is 0 Å². The van der Waals surface area contributed by atoms with Crippen LogP contribution in [0.4, 0.5) is 5.82 Å². The normalized spacial score (nSPS) is 13.5. The highest BCUT2D eigenvalue weighted by Crippen LogP contribution is 2.16. The van der Waals surface area contributed by atoms with Gasteiger partial charge in [-0.25, -0.2) is 4.98 Å². The Labute approximate surface area is 138 Å². The fourth-order valence-electron chi connectivity index (χ4n) is 1.83. The Balaban J connectivity index is 2.86. The van der Waals surface area contributed by atoms with Crippen molar-refractivity contribution in [2.75, 3.05) is 18.9 Å². The van der Waals surface area contributed by atoms with E-state index < -0.39 is 0 Å². The van der Waals surface area contributed by atoms with Gasteiger partial charge in [-0.1, -0.05) is 24.2 Å². The highest BCUT2D eigenvalue weighted by molar-refractivity contribution is 6.29. The van der Waals surface area contributed by atoms with Gasteiger partial charge in [0.05, 0.1) is 17.4 Å². The van der Waals surface area contributed by atoms with Crippen LogP contribution in [0.3, 0.4) is 0 Å². The Morgan fingerprint density at radius 3 is 2.64 bits per heavy atom. The molecular formula is C17H25ClN4. The third-order valence-corrected chi connectivity index (χ3v) is 3.25. The summed E-state index contributed by atoms with van der Waals surface area (Å²) < 4.78 is 0. The molecule has 5 heteroatoms. The Morgan fingerprint density at radius 2 is 2.14 bits per heavy atom. The van der Waals surface area contributed by atoms with Gasteiger partial charge >= 0.3 is 0 Å². The van der Waals surface area contributed by atoms with Crippen LogP contribution in [0.15, 0.2) is 53.5 Å². The van der Waals surface area contributed by atoms with E-state index >= 15 is 0 Å². The lowest BCUT2D eigenvalue weighted by Crippen LogP contribution is -2.23. The second kappa shape index (κ2) is 9.15. The number of likely N-dealkylation sites (N-methyl/N-ethyl adjacent to an activating group) is 1. The van der Waals surface area contributed by atoms with Crippen molar-refractivity contribution in [3.8, 4) is 0 Å². The van der Waals surface area contributed by atoms with Crippen molar-refractivity contribution >= 4 is 17.4 Å². The molecule has 0 aliphatic heterocycles.